The fraction of sp³-hybridized carbons (Fsp3) is 0.250. The molecular formula is C16H15Cl2NO4. The lowest BCUT2D eigenvalue weighted by molar-refractivity contribution is -0.150. The highest BCUT2D eigenvalue weighted by Crippen LogP contribution is 2.34. The zero-order valence-corrected chi connectivity index (χ0v) is 14.1. The minimum Gasteiger partial charge on any atom is -0.504 e. The van der Waals surface area contributed by atoms with E-state index in [2.05, 4.69) is 4.98 Å². The summed E-state index contributed by atoms with van der Waals surface area (Å²) in [7, 11) is 0. The summed E-state index contributed by atoms with van der Waals surface area (Å²) in [5, 5.41) is 10.9. The summed E-state index contributed by atoms with van der Waals surface area (Å²) in [4.78, 5) is 15.7. The molecule has 1 unspecified atom stereocenters. The van der Waals surface area contributed by atoms with Crippen LogP contribution in [-0.4, -0.2) is 28.8 Å². The third kappa shape index (κ3) is 4.27. The van der Waals surface area contributed by atoms with Crippen molar-refractivity contribution in [1.29, 1.82) is 0 Å². The van der Waals surface area contributed by atoms with Gasteiger partial charge in [-0.1, -0.05) is 23.2 Å². The number of halogens is 2. The molecule has 0 radical (unpaired) electrons. The maximum atomic E-state index is 11.6. The molecule has 0 aliphatic rings. The Labute approximate surface area is 143 Å². The Balaban J connectivity index is 2.22. The van der Waals surface area contributed by atoms with Crippen molar-refractivity contribution in [2.75, 3.05) is 6.61 Å². The van der Waals surface area contributed by atoms with Gasteiger partial charge in [-0.05, 0) is 38.1 Å². The minimum absolute atomic E-state index is 0.133. The highest BCUT2D eigenvalue weighted by atomic mass is 35.5. The van der Waals surface area contributed by atoms with Crippen LogP contribution in [0.15, 0.2) is 30.5 Å². The van der Waals surface area contributed by atoms with Gasteiger partial charge >= 0.3 is 5.97 Å². The highest BCUT2D eigenvalue weighted by molar-refractivity contribution is 6.36. The SMILES string of the molecule is CCOC(=O)C(C)Oc1ccc(-c2ncc(Cl)cc2Cl)cc1O. The van der Waals surface area contributed by atoms with Gasteiger partial charge < -0.3 is 14.6 Å². The number of phenols is 1. The first kappa shape index (κ1) is 17.4. The first-order valence-corrected chi connectivity index (χ1v) is 7.65. The van der Waals surface area contributed by atoms with Crippen LogP contribution in [0.4, 0.5) is 0 Å². The van der Waals surface area contributed by atoms with E-state index >= 15 is 0 Å². The second kappa shape index (κ2) is 7.53. The quantitative estimate of drug-likeness (QED) is 0.818. The van der Waals surface area contributed by atoms with Gasteiger partial charge in [0.15, 0.2) is 17.6 Å². The molecule has 2 rings (SSSR count). The second-order valence-electron chi connectivity index (χ2n) is 4.68. The zero-order valence-electron chi connectivity index (χ0n) is 12.5. The Morgan fingerprint density at radius 3 is 2.70 bits per heavy atom. The number of pyridine rings is 1. The summed E-state index contributed by atoms with van der Waals surface area (Å²) in [5.74, 6) is -0.468. The van der Waals surface area contributed by atoms with Crippen LogP contribution in [0.25, 0.3) is 11.3 Å². The summed E-state index contributed by atoms with van der Waals surface area (Å²) < 4.78 is 10.3. The number of rotatable bonds is 5. The average molecular weight is 356 g/mol. The first-order chi connectivity index (χ1) is 10.9. The van der Waals surface area contributed by atoms with E-state index in [4.69, 9.17) is 32.7 Å². The van der Waals surface area contributed by atoms with E-state index in [-0.39, 0.29) is 18.1 Å². The maximum Gasteiger partial charge on any atom is 0.347 e. The van der Waals surface area contributed by atoms with Crippen molar-refractivity contribution >= 4 is 29.2 Å². The van der Waals surface area contributed by atoms with Crippen molar-refractivity contribution in [3.8, 4) is 22.8 Å². The van der Waals surface area contributed by atoms with Gasteiger partial charge in [-0.25, -0.2) is 4.79 Å². The molecule has 122 valence electrons. The van der Waals surface area contributed by atoms with Crippen LogP contribution in [0, 0.1) is 0 Å². The number of hydrogen-bond donors (Lipinski definition) is 1. The number of hydrogen-bond acceptors (Lipinski definition) is 5. The van der Waals surface area contributed by atoms with Gasteiger partial charge in [0.2, 0.25) is 0 Å². The largest absolute Gasteiger partial charge is 0.504 e. The molecule has 0 aliphatic carbocycles. The van der Waals surface area contributed by atoms with Crippen LogP contribution in [0.3, 0.4) is 0 Å². The van der Waals surface area contributed by atoms with Gasteiger partial charge in [0.05, 0.1) is 22.3 Å². The Bertz CT molecular complexity index is 721. The molecule has 5 nitrogen and oxygen atoms in total. The normalized spacial score (nSPS) is 11.8. The Hall–Kier alpha value is -1.98. The molecule has 0 bridgehead atoms. The van der Waals surface area contributed by atoms with Gasteiger partial charge in [-0.2, -0.15) is 0 Å². The van der Waals surface area contributed by atoms with E-state index in [1.165, 1.54) is 18.3 Å². The van der Waals surface area contributed by atoms with Crippen LogP contribution in [-0.2, 0) is 9.53 Å². The molecule has 1 heterocycles. The lowest BCUT2D eigenvalue weighted by Gasteiger charge is -2.15. The Morgan fingerprint density at radius 2 is 2.09 bits per heavy atom. The number of benzene rings is 1. The van der Waals surface area contributed by atoms with Crippen molar-refractivity contribution in [2.45, 2.75) is 20.0 Å². The van der Waals surface area contributed by atoms with Gasteiger partial charge in [-0.3, -0.25) is 4.98 Å². The van der Waals surface area contributed by atoms with Crippen molar-refractivity contribution in [1.82, 2.24) is 4.98 Å². The molecule has 23 heavy (non-hydrogen) atoms. The fourth-order valence-electron chi connectivity index (χ4n) is 1.89. The number of phenolic OH excluding ortho intramolecular Hbond substituents is 1. The summed E-state index contributed by atoms with van der Waals surface area (Å²) in [6, 6.07) is 6.23. The fourth-order valence-corrected chi connectivity index (χ4v) is 2.38. The number of esters is 1. The molecule has 0 fully saturated rings. The van der Waals surface area contributed by atoms with E-state index in [9.17, 15) is 9.90 Å². The zero-order chi connectivity index (χ0) is 17.0. The molecular weight excluding hydrogens is 341 g/mol. The lowest BCUT2D eigenvalue weighted by Crippen LogP contribution is -2.26. The number of aromatic nitrogens is 1. The third-order valence-electron chi connectivity index (χ3n) is 2.96. The van der Waals surface area contributed by atoms with Crippen molar-refractivity contribution < 1.29 is 19.4 Å². The van der Waals surface area contributed by atoms with Crippen LogP contribution in [0.5, 0.6) is 11.5 Å². The van der Waals surface area contributed by atoms with Gasteiger partial charge in [-0.15, -0.1) is 0 Å². The summed E-state index contributed by atoms with van der Waals surface area (Å²) >= 11 is 11.9. The number of carbonyl (C=O) groups is 1. The molecule has 7 heteroatoms. The molecule has 1 aromatic carbocycles. The number of ether oxygens (including phenoxy) is 2. The van der Waals surface area contributed by atoms with E-state index in [0.29, 0.717) is 21.3 Å². The molecule has 2 aromatic rings. The van der Waals surface area contributed by atoms with Crippen LogP contribution in [0.1, 0.15) is 13.8 Å². The van der Waals surface area contributed by atoms with Crippen LogP contribution in [0.2, 0.25) is 10.0 Å². The molecule has 0 saturated carbocycles. The molecule has 0 spiro atoms. The van der Waals surface area contributed by atoms with Gasteiger partial charge in [0.1, 0.15) is 0 Å². The summed E-state index contributed by atoms with van der Waals surface area (Å²) in [5.41, 5.74) is 1.08. The van der Waals surface area contributed by atoms with Crippen LogP contribution >= 0.6 is 23.2 Å². The second-order valence-corrected chi connectivity index (χ2v) is 5.52. The summed E-state index contributed by atoms with van der Waals surface area (Å²) in [6.07, 6.45) is 0.636. The Morgan fingerprint density at radius 1 is 1.35 bits per heavy atom. The standard InChI is InChI=1S/C16H15Cl2NO4/c1-3-22-16(21)9(2)23-14-5-4-10(6-13(14)20)15-12(18)7-11(17)8-19-15/h4-9,20H,3H2,1-2H3. The van der Waals surface area contributed by atoms with E-state index in [1.807, 2.05) is 0 Å². The topological polar surface area (TPSA) is 68.7 Å². The number of aromatic hydroxyl groups is 1. The van der Waals surface area contributed by atoms with Crippen molar-refractivity contribution in [2.24, 2.45) is 0 Å². The smallest absolute Gasteiger partial charge is 0.347 e. The first-order valence-electron chi connectivity index (χ1n) is 6.90. The van der Waals surface area contributed by atoms with Crippen LogP contribution < -0.4 is 4.74 Å². The lowest BCUT2D eigenvalue weighted by atomic mass is 10.1. The van der Waals surface area contributed by atoms with E-state index in [1.54, 1.807) is 26.0 Å². The Kier molecular flexibility index (Phi) is 5.69. The van der Waals surface area contributed by atoms with E-state index < -0.39 is 12.1 Å². The molecule has 1 atom stereocenters. The maximum absolute atomic E-state index is 11.6. The predicted molar refractivity (Wildman–Crippen MR) is 88.1 cm³/mol. The molecule has 0 saturated heterocycles. The minimum atomic E-state index is -0.830. The van der Waals surface area contributed by atoms with Gasteiger partial charge in [0, 0.05) is 11.8 Å². The molecule has 0 amide bonds. The number of carbonyl (C=O) groups excluding carboxylic acids is 1. The van der Waals surface area contributed by atoms with Gasteiger partial charge in [0.25, 0.3) is 0 Å². The monoisotopic (exact) mass is 355 g/mol. The number of nitrogens with zero attached hydrogens (tertiary/aromatic N) is 1. The molecule has 0 aliphatic heterocycles. The summed E-state index contributed by atoms with van der Waals surface area (Å²) in [6.45, 7) is 3.51. The van der Waals surface area contributed by atoms with Crippen molar-refractivity contribution in [3.05, 3.63) is 40.5 Å². The molecule has 1 aromatic heterocycles. The van der Waals surface area contributed by atoms with E-state index in [0.717, 1.165) is 0 Å². The molecule has 1 N–H and O–H groups in total. The highest BCUT2D eigenvalue weighted by Gasteiger charge is 2.18. The van der Waals surface area contributed by atoms with Crippen molar-refractivity contribution in [3.63, 3.8) is 0 Å². The third-order valence-corrected chi connectivity index (χ3v) is 3.46. The average Bonchev–Trinajstić information content (AvgIpc) is 2.49. The predicted octanol–water partition coefficient (Wildman–Crippen LogP) is 4.09.